The second-order valence-electron chi connectivity index (χ2n) is 7.15. The summed E-state index contributed by atoms with van der Waals surface area (Å²) in [6.45, 7) is 2.07. The molecule has 3 nitrogen and oxygen atoms in total. The first-order valence-corrected chi connectivity index (χ1v) is 10.3. The van der Waals surface area contributed by atoms with Gasteiger partial charge in [-0.3, -0.25) is 4.57 Å². The number of nitrogens with zero attached hydrogens (tertiary/aromatic N) is 2. The molecule has 0 bridgehead atoms. The Hall–Kier alpha value is -2.56. The van der Waals surface area contributed by atoms with Gasteiger partial charge in [-0.1, -0.05) is 42.5 Å². The molecule has 0 aliphatic carbocycles. The topological polar surface area (TPSA) is 38.1 Å². The summed E-state index contributed by atoms with van der Waals surface area (Å²) in [6, 6.07) is 22.7. The molecule has 4 aromatic rings. The van der Waals surface area contributed by atoms with Gasteiger partial charge in [0.1, 0.15) is 5.82 Å². The van der Waals surface area contributed by atoms with Crippen LogP contribution in [0.5, 0.6) is 0 Å². The van der Waals surface area contributed by atoms with Crippen LogP contribution in [0.4, 0.5) is 0 Å². The Morgan fingerprint density at radius 3 is 2.59 bits per heavy atom. The van der Waals surface area contributed by atoms with Crippen molar-refractivity contribution in [2.75, 3.05) is 6.26 Å². The standard InChI is InChI=1S/C23H20N2OS/c1-15-7-12-21-20(13-15)24-22-18-5-3-4-6-19(18)23(26,25(21)22)14-16-8-10-17(27-2)11-9-16/h3-13,26H,14H2,1-2H3. The maximum absolute atomic E-state index is 11.9. The third-order valence-corrected chi connectivity index (χ3v) is 6.13. The van der Waals surface area contributed by atoms with Crippen molar-refractivity contribution in [1.82, 2.24) is 9.55 Å². The highest BCUT2D eigenvalue weighted by atomic mass is 32.2. The molecular weight excluding hydrogens is 352 g/mol. The lowest BCUT2D eigenvalue weighted by Crippen LogP contribution is -2.34. The highest BCUT2D eigenvalue weighted by Crippen LogP contribution is 2.45. The number of rotatable bonds is 3. The van der Waals surface area contributed by atoms with Crippen LogP contribution in [0.1, 0.15) is 16.7 Å². The number of thioether (sulfide) groups is 1. The molecule has 0 amide bonds. The van der Waals surface area contributed by atoms with E-state index in [9.17, 15) is 5.11 Å². The SMILES string of the molecule is CSc1ccc(CC2(O)c3ccccc3-c3nc4cc(C)ccc4n32)cc1. The van der Waals surface area contributed by atoms with E-state index < -0.39 is 5.72 Å². The molecule has 0 radical (unpaired) electrons. The lowest BCUT2D eigenvalue weighted by molar-refractivity contribution is 0.0176. The van der Waals surface area contributed by atoms with Gasteiger partial charge in [-0.15, -0.1) is 11.8 Å². The van der Waals surface area contributed by atoms with Gasteiger partial charge >= 0.3 is 0 Å². The summed E-state index contributed by atoms with van der Waals surface area (Å²) < 4.78 is 2.01. The molecule has 4 heteroatoms. The highest BCUT2D eigenvalue weighted by Gasteiger charge is 2.43. The molecule has 1 unspecified atom stereocenters. The monoisotopic (exact) mass is 372 g/mol. The normalized spacial score (nSPS) is 17.9. The largest absolute Gasteiger partial charge is 0.366 e. The molecule has 134 valence electrons. The van der Waals surface area contributed by atoms with Crippen molar-refractivity contribution < 1.29 is 5.11 Å². The van der Waals surface area contributed by atoms with Gasteiger partial charge in [0, 0.05) is 22.4 Å². The third kappa shape index (κ3) is 2.44. The summed E-state index contributed by atoms with van der Waals surface area (Å²) in [5.74, 6) is 0.842. The average molecular weight is 372 g/mol. The van der Waals surface area contributed by atoms with Crippen LogP contribution in [-0.4, -0.2) is 20.9 Å². The van der Waals surface area contributed by atoms with Gasteiger partial charge in [-0.2, -0.15) is 0 Å². The fourth-order valence-electron chi connectivity index (χ4n) is 4.10. The number of aromatic nitrogens is 2. The van der Waals surface area contributed by atoms with E-state index in [1.807, 2.05) is 22.8 Å². The van der Waals surface area contributed by atoms with Crippen LogP contribution in [0.2, 0.25) is 0 Å². The Kier molecular flexibility index (Phi) is 3.67. The molecule has 1 aliphatic heterocycles. The molecule has 0 saturated heterocycles. The molecule has 0 saturated carbocycles. The van der Waals surface area contributed by atoms with Crippen molar-refractivity contribution in [1.29, 1.82) is 0 Å². The minimum atomic E-state index is -1.14. The van der Waals surface area contributed by atoms with Crippen LogP contribution in [0.25, 0.3) is 22.4 Å². The molecule has 1 atom stereocenters. The maximum atomic E-state index is 11.9. The van der Waals surface area contributed by atoms with Gasteiger partial charge in [0.2, 0.25) is 0 Å². The minimum Gasteiger partial charge on any atom is -0.366 e. The number of aliphatic hydroxyl groups is 1. The van der Waals surface area contributed by atoms with E-state index in [1.165, 1.54) is 10.5 Å². The molecule has 1 N–H and O–H groups in total. The van der Waals surface area contributed by atoms with Gasteiger partial charge < -0.3 is 5.11 Å². The zero-order valence-electron chi connectivity index (χ0n) is 15.3. The fraction of sp³-hybridized carbons (Fsp3) is 0.174. The number of aryl methyl sites for hydroxylation is 1. The lowest BCUT2D eigenvalue weighted by Gasteiger charge is -2.28. The van der Waals surface area contributed by atoms with Crippen molar-refractivity contribution in [3.63, 3.8) is 0 Å². The second kappa shape index (κ2) is 5.98. The predicted octanol–water partition coefficient (Wildman–Crippen LogP) is 4.98. The Bertz CT molecular complexity index is 1160. The predicted molar refractivity (Wildman–Crippen MR) is 111 cm³/mol. The van der Waals surface area contributed by atoms with E-state index in [1.54, 1.807) is 11.8 Å². The zero-order valence-corrected chi connectivity index (χ0v) is 16.1. The lowest BCUT2D eigenvalue weighted by atomic mass is 9.94. The Labute approximate surface area is 162 Å². The van der Waals surface area contributed by atoms with Crippen LogP contribution < -0.4 is 0 Å². The van der Waals surface area contributed by atoms with E-state index in [0.717, 1.165) is 33.5 Å². The number of fused-ring (bicyclic) bond motifs is 5. The molecule has 1 aliphatic rings. The van der Waals surface area contributed by atoms with E-state index in [0.29, 0.717) is 6.42 Å². The van der Waals surface area contributed by atoms with Gasteiger partial charge in [0.05, 0.1) is 11.0 Å². The maximum Gasteiger partial charge on any atom is 0.174 e. The molecule has 1 aromatic heterocycles. The molecule has 0 fully saturated rings. The number of imidazole rings is 1. The van der Waals surface area contributed by atoms with E-state index >= 15 is 0 Å². The van der Waals surface area contributed by atoms with Gasteiger partial charge in [0.15, 0.2) is 5.72 Å². The van der Waals surface area contributed by atoms with E-state index in [-0.39, 0.29) is 0 Å². The first-order valence-electron chi connectivity index (χ1n) is 9.05. The highest BCUT2D eigenvalue weighted by molar-refractivity contribution is 7.98. The first-order chi connectivity index (χ1) is 13.1. The Balaban J connectivity index is 1.72. The van der Waals surface area contributed by atoms with E-state index in [4.69, 9.17) is 4.98 Å². The molecule has 2 heterocycles. The zero-order chi connectivity index (χ0) is 18.6. The fourth-order valence-corrected chi connectivity index (χ4v) is 4.50. The van der Waals surface area contributed by atoms with Crippen LogP contribution in [0.15, 0.2) is 71.6 Å². The average Bonchev–Trinajstić information content (AvgIpc) is 3.17. The van der Waals surface area contributed by atoms with Crippen LogP contribution in [0.3, 0.4) is 0 Å². The van der Waals surface area contributed by atoms with Crippen LogP contribution in [0, 0.1) is 6.92 Å². The molecule has 3 aromatic carbocycles. The Morgan fingerprint density at radius 1 is 1.04 bits per heavy atom. The minimum absolute atomic E-state index is 0.505. The summed E-state index contributed by atoms with van der Waals surface area (Å²) in [6.07, 6.45) is 2.58. The summed E-state index contributed by atoms with van der Waals surface area (Å²) >= 11 is 1.72. The van der Waals surface area contributed by atoms with Crippen molar-refractivity contribution in [2.45, 2.75) is 24.0 Å². The summed E-state index contributed by atoms with van der Waals surface area (Å²) in [7, 11) is 0. The van der Waals surface area contributed by atoms with Crippen molar-refractivity contribution in [3.05, 3.63) is 83.4 Å². The van der Waals surface area contributed by atoms with Crippen molar-refractivity contribution in [3.8, 4) is 11.4 Å². The van der Waals surface area contributed by atoms with Gasteiger partial charge in [-0.05, 0) is 48.6 Å². The van der Waals surface area contributed by atoms with Crippen LogP contribution >= 0.6 is 11.8 Å². The molecular formula is C23H20N2OS. The molecule has 0 spiro atoms. The van der Waals surface area contributed by atoms with Gasteiger partial charge in [0.25, 0.3) is 0 Å². The van der Waals surface area contributed by atoms with E-state index in [2.05, 4.69) is 61.7 Å². The number of benzene rings is 3. The van der Waals surface area contributed by atoms with Crippen molar-refractivity contribution >= 4 is 22.8 Å². The molecule has 27 heavy (non-hydrogen) atoms. The van der Waals surface area contributed by atoms with Gasteiger partial charge in [-0.25, -0.2) is 4.98 Å². The Morgan fingerprint density at radius 2 is 1.81 bits per heavy atom. The first kappa shape index (κ1) is 16.6. The number of hydrogen-bond donors (Lipinski definition) is 1. The second-order valence-corrected chi connectivity index (χ2v) is 8.03. The smallest absolute Gasteiger partial charge is 0.174 e. The molecule has 5 rings (SSSR count). The van der Waals surface area contributed by atoms with Crippen molar-refractivity contribution in [2.24, 2.45) is 0 Å². The summed E-state index contributed by atoms with van der Waals surface area (Å²) in [5.41, 5.74) is 4.96. The summed E-state index contributed by atoms with van der Waals surface area (Å²) in [4.78, 5) is 6.08. The third-order valence-electron chi connectivity index (χ3n) is 5.39. The van der Waals surface area contributed by atoms with Crippen LogP contribution in [-0.2, 0) is 12.1 Å². The summed E-state index contributed by atoms with van der Waals surface area (Å²) in [5, 5.41) is 11.9. The number of hydrogen-bond acceptors (Lipinski definition) is 3. The quantitative estimate of drug-likeness (QED) is 0.515.